The fourth-order valence-electron chi connectivity index (χ4n) is 2.82. The zero-order valence-electron chi connectivity index (χ0n) is 13.7. The summed E-state index contributed by atoms with van der Waals surface area (Å²) in [5.41, 5.74) is 4.33. The van der Waals surface area contributed by atoms with Crippen LogP contribution in [0, 0.1) is 3.70 Å². The van der Waals surface area contributed by atoms with E-state index < -0.39 is 0 Å². The minimum atomic E-state index is 0.682. The third-order valence-corrected chi connectivity index (χ3v) is 4.94. The molecule has 2 aromatic heterocycles. The number of ether oxygens (including phenoxy) is 1. The first-order chi connectivity index (χ1) is 12.2. The average molecular weight is 441 g/mol. The lowest BCUT2D eigenvalue weighted by Crippen LogP contribution is -2.02. The third kappa shape index (κ3) is 3.24. The Morgan fingerprint density at radius 2 is 1.76 bits per heavy atom. The molecule has 0 saturated carbocycles. The van der Waals surface area contributed by atoms with E-state index in [0.29, 0.717) is 6.54 Å². The van der Waals surface area contributed by atoms with Gasteiger partial charge in [-0.15, -0.1) is 0 Å². The van der Waals surface area contributed by atoms with Crippen molar-refractivity contribution in [1.82, 2.24) is 14.8 Å². The molecule has 0 amide bonds. The molecule has 25 heavy (non-hydrogen) atoms. The van der Waals surface area contributed by atoms with Crippen LogP contribution in [0.1, 0.15) is 5.56 Å². The zero-order chi connectivity index (χ0) is 17.2. The van der Waals surface area contributed by atoms with E-state index in [9.17, 15) is 0 Å². The smallest absolute Gasteiger partial charge is 0.159 e. The fourth-order valence-corrected chi connectivity index (χ4v) is 3.48. The van der Waals surface area contributed by atoms with E-state index in [1.807, 2.05) is 41.2 Å². The quantitative estimate of drug-likeness (QED) is 0.429. The van der Waals surface area contributed by atoms with Gasteiger partial charge in [-0.05, 0) is 51.9 Å². The third-order valence-electron chi connectivity index (χ3n) is 4.14. The molecule has 2 heterocycles. The Morgan fingerprint density at radius 3 is 2.48 bits per heavy atom. The van der Waals surface area contributed by atoms with E-state index in [4.69, 9.17) is 4.74 Å². The summed E-state index contributed by atoms with van der Waals surface area (Å²) in [6.07, 6.45) is 1.92. The lowest BCUT2D eigenvalue weighted by atomic mass is 10.1. The standard InChI is InChI=1S/C20H16IN3O/c1-25-17-9-7-14(8-10-17)13-24-20-18(19(21)23-24)11-16(12-22-20)15-5-3-2-4-6-15/h2-12H,13H2,1H3. The van der Waals surface area contributed by atoms with Crippen molar-refractivity contribution in [2.24, 2.45) is 0 Å². The predicted octanol–water partition coefficient (Wildman–Crippen LogP) is 4.76. The van der Waals surface area contributed by atoms with Gasteiger partial charge in [0.15, 0.2) is 5.65 Å². The van der Waals surface area contributed by atoms with E-state index in [1.165, 1.54) is 0 Å². The summed E-state index contributed by atoms with van der Waals surface area (Å²) < 4.78 is 8.13. The summed E-state index contributed by atoms with van der Waals surface area (Å²) in [6, 6.07) is 20.5. The van der Waals surface area contributed by atoms with Gasteiger partial charge in [-0.2, -0.15) is 5.10 Å². The van der Waals surface area contributed by atoms with Gasteiger partial charge in [0.25, 0.3) is 0 Å². The minimum absolute atomic E-state index is 0.682. The van der Waals surface area contributed by atoms with Crippen molar-refractivity contribution in [3.63, 3.8) is 0 Å². The number of pyridine rings is 1. The zero-order valence-corrected chi connectivity index (χ0v) is 15.8. The monoisotopic (exact) mass is 441 g/mol. The molecule has 0 aliphatic carbocycles. The Bertz CT molecular complexity index is 1010. The van der Waals surface area contributed by atoms with Gasteiger partial charge < -0.3 is 4.74 Å². The molecule has 5 heteroatoms. The summed E-state index contributed by atoms with van der Waals surface area (Å²) in [7, 11) is 1.67. The first kappa shape index (κ1) is 16.1. The number of aromatic nitrogens is 3. The van der Waals surface area contributed by atoms with E-state index in [1.54, 1.807) is 7.11 Å². The van der Waals surface area contributed by atoms with Crippen molar-refractivity contribution in [3.05, 3.63) is 76.1 Å². The first-order valence-corrected chi connectivity index (χ1v) is 9.03. The highest BCUT2D eigenvalue weighted by atomic mass is 127. The fraction of sp³-hybridized carbons (Fsp3) is 0.100. The molecule has 0 unspecified atom stereocenters. The van der Waals surface area contributed by atoms with Gasteiger partial charge in [0.1, 0.15) is 9.45 Å². The normalized spacial score (nSPS) is 11.0. The highest BCUT2D eigenvalue weighted by Crippen LogP contribution is 2.26. The second-order valence-corrected chi connectivity index (χ2v) is 6.78. The molecule has 0 bridgehead atoms. The largest absolute Gasteiger partial charge is 0.497 e. The number of nitrogens with zero attached hydrogens (tertiary/aromatic N) is 3. The van der Waals surface area contributed by atoms with E-state index in [0.717, 1.165) is 37.2 Å². The molecular weight excluding hydrogens is 425 g/mol. The van der Waals surface area contributed by atoms with Gasteiger partial charge in [0.2, 0.25) is 0 Å². The SMILES string of the molecule is COc1ccc(Cn2nc(I)c3cc(-c4ccccc4)cnc32)cc1. The molecule has 0 fully saturated rings. The number of methoxy groups -OCH3 is 1. The number of hydrogen-bond acceptors (Lipinski definition) is 3. The number of hydrogen-bond donors (Lipinski definition) is 0. The summed E-state index contributed by atoms with van der Waals surface area (Å²) in [5.74, 6) is 0.856. The summed E-state index contributed by atoms with van der Waals surface area (Å²) in [6.45, 7) is 0.682. The van der Waals surface area contributed by atoms with Gasteiger partial charge >= 0.3 is 0 Å². The molecule has 4 rings (SSSR count). The Hall–Kier alpha value is -2.41. The summed E-state index contributed by atoms with van der Waals surface area (Å²) >= 11 is 2.28. The van der Waals surface area contributed by atoms with Crippen LogP contribution in [0.15, 0.2) is 66.9 Å². The topological polar surface area (TPSA) is 39.9 Å². The van der Waals surface area contributed by atoms with Crippen molar-refractivity contribution >= 4 is 33.6 Å². The lowest BCUT2D eigenvalue weighted by molar-refractivity contribution is 0.414. The maximum Gasteiger partial charge on any atom is 0.159 e. The molecule has 2 aromatic carbocycles. The van der Waals surface area contributed by atoms with Crippen LogP contribution in [0.4, 0.5) is 0 Å². The first-order valence-electron chi connectivity index (χ1n) is 7.95. The van der Waals surface area contributed by atoms with Crippen molar-refractivity contribution < 1.29 is 4.74 Å². The van der Waals surface area contributed by atoms with Crippen molar-refractivity contribution in [1.29, 1.82) is 0 Å². The van der Waals surface area contributed by atoms with Crippen LogP contribution in [0.3, 0.4) is 0 Å². The summed E-state index contributed by atoms with van der Waals surface area (Å²) in [4.78, 5) is 4.68. The molecule has 0 saturated heterocycles. The predicted molar refractivity (Wildman–Crippen MR) is 108 cm³/mol. The molecule has 0 atom stereocenters. The minimum Gasteiger partial charge on any atom is -0.497 e. The molecule has 0 N–H and O–H groups in total. The molecule has 4 aromatic rings. The Labute approximate surface area is 159 Å². The highest BCUT2D eigenvalue weighted by Gasteiger charge is 2.12. The van der Waals surface area contributed by atoms with Gasteiger partial charge in [-0.25, -0.2) is 9.67 Å². The number of rotatable bonds is 4. The molecule has 0 radical (unpaired) electrons. The highest BCUT2D eigenvalue weighted by molar-refractivity contribution is 14.1. The van der Waals surface area contributed by atoms with Crippen LogP contribution in [0.5, 0.6) is 5.75 Å². The van der Waals surface area contributed by atoms with E-state index in [-0.39, 0.29) is 0 Å². The number of halogens is 1. The maximum absolute atomic E-state index is 5.21. The molecule has 0 spiro atoms. The van der Waals surface area contributed by atoms with Gasteiger partial charge in [0, 0.05) is 11.8 Å². The second-order valence-electron chi connectivity index (χ2n) is 5.76. The van der Waals surface area contributed by atoms with Crippen LogP contribution < -0.4 is 4.74 Å². The maximum atomic E-state index is 5.21. The Balaban J connectivity index is 1.71. The van der Waals surface area contributed by atoms with Crippen LogP contribution in [-0.4, -0.2) is 21.9 Å². The average Bonchev–Trinajstić information content (AvgIpc) is 2.98. The van der Waals surface area contributed by atoms with Crippen molar-refractivity contribution in [3.8, 4) is 16.9 Å². The molecule has 0 aliphatic heterocycles. The van der Waals surface area contributed by atoms with E-state index in [2.05, 4.69) is 63.0 Å². The van der Waals surface area contributed by atoms with E-state index >= 15 is 0 Å². The van der Waals surface area contributed by atoms with Crippen LogP contribution in [0.25, 0.3) is 22.2 Å². The van der Waals surface area contributed by atoms with Gasteiger partial charge in [-0.3, -0.25) is 0 Å². The van der Waals surface area contributed by atoms with Crippen LogP contribution in [-0.2, 0) is 6.54 Å². The number of fused-ring (bicyclic) bond motifs is 1. The Morgan fingerprint density at radius 1 is 1.00 bits per heavy atom. The lowest BCUT2D eigenvalue weighted by Gasteiger charge is -2.05. The van der Waals surface area contributed by atoms with Crippen molar-refractivity contribution in [2.75, 3.05) is 7.11 Å². The Kier molecular flexibility index (Phi) is 4.40. The van der Waals surface area contributed by atoms with Crippen molar-refractivity contribution in [2.45, 2.75) is 6.54 Å². The molecule has 0 aliphatic rings. The van der Waals surface area contributed by atoms with Gasteiger partial charge in [0.05, 0.1) is 19.0 Å². The van der Waals surface area contributed by atoms with Gasteiger partial charge in [-0.1, -0.05) is 42.5 Å². The summed E-state index contributed by atoms with van der Waals surface area (Å²) in [5, 5.41) is 5.75. The molecule has 4 nitrogen and oxygen atoms in total. The second kappa shape index (κ2) is 6.84. The molecular formula is C20H16IN3O. The van der Waals surface area contributed by atoms with Crippen LogP contribution in [0.2, 0.25) is 0 Å². The number of benzene rings is 2. The molecule has 124 valence electrons. The van der Waals surface area contributed by atoms with Crippen LogP contribution >= 0.6 is 22.6 Å².